The smallest absolute Gasteiger partial charge is 0.254 e. The molecule has 8 heteroatoms. The van der Waals surface area contributed by atoms with Gasteiger partial charge >= 0.3 is 0 Å². The van der Waals surface area contributed by atoms with Crippen molar-refractivity contribution in [2.75, 3.05) is 13.1 Å². The van der Waals surface area contributed by atoms with Crippen LogP contribution < -0.4 is 0 Å². The fourth-order valence-electron chi connectivity index (χ4n) is 4.39. The van der Waals surface area contributed by atoms with E-state index in [1.165, 1.54) is 4.88 Å². The normalized spacial score (nSPS) is 17.5. The molecule has 1 aliphatic heterocycles. The number of fused-ring (bicyclic) bond motifs is 1. The first-order valence-electron chi connectivity index (χ1n) is 10.8. The third kappa shape index (κ3) is 4.65. The van der Waals surface area contributed by atoms with Crippen molar-refractivity contribution in [3.63, 3.8) is 0 Å². The molecule has 4 nitrogen and oxygen atoms in total. The van der Waals surface area contributed by atoms with Crippen LogP contribution in [0.3, 0.4) is 0 Å². The van der Waals surface area contributed by atoms with Crippen LogP contribution >= 0.6 is 46.1 Å². The zero-order valence-corrected chi connectivity index (χ0v) is 20.7. The number of hydrogen-bond donors (Lipinski definition) is 0. The number of carbonyl (C=O) groups is 2. The summed E-state index contributed by atoms with van der Waals surface area (Å²) in [6.45, 7) is 0.608. The van der Waals surface area contributed by atoms with E-state index in [1.54, 1.807) is 52.6 Å². The Balaban J connectivity index is 1.44. The van der Waals surface area contributed by atoms with Crippen molar-refractivity contribution in [2.24, 2.45) is 0 Å². The molecule has 1 aliphatic carbocycles. The Bertz CT molecular complexity index is 1210. The zero-order valence-electron chi connectivity index (χ0n) is 17.6. The molecule has 2 amide bonds. The molecular formula is C25H21Cl3N2O2S. The van der Waals surface area contributed by atoms with E-state index in [2.05, 4.69) is 11.4 Å². The number of halogens is 3. The molecule has 5 rings (SSSR count). The SMILES string of the molecule is O=C(c1ccc(Cl)cc1)N(CC(=O)N1CCc2sccc2[C@@H]1c1ccc(Cl)cc1Cl)C1CC1. The van der Waals surface area contributed by atoms with Gasteiger partial charge in [0, 0.05) is 38.1 Å². The highest BCUT2D eigenvalue weighted by Crippen LogP contribution is 2.41. The van der Waals surface area contributed by atoms with Crippen LogP contribution in [-0.2, 0) is 11.2 Å². The van der Waals surface area contributed by atoms with Crippen LogP contribution in [0.2, 0.25) is 15.1 Å². The Kier molecular flexibility index (Phi) is 6.41. The second-order valence-electron chi connectivity index (χ2n) is 8.38. The lowest BCUT2D eigenvalue weighted by Gasteiger charge is -2.38. The van der Waals surface area contributed by atoms with Crippen molar-refractivity contribution < 1.29 is 9.59 Å². The minimum absolute atomic E-state index is 0.0350. The molecule has 170 valence electrons. The van der Waals surface area contributed by atoms with Gasteiger partial charge in [-0.2, -0.15) is 0 Å². The number of hydrogen-bond acceptors (Lipinski definition) is 3. The highest BCUT2D eigenvalue weighted by Gasteiger charge is 2.39. The first kappa shape index (κ1) is 22.7. The largest absolute Gasteiger partial charge is 0.330 e. The number of nitrogens with zero attached hydrogens (tertiary/aromatic N) is 2. The molecule has 1 atom stereocenters. The van der Waals surface area contributed by atoms with Gasteiger partial charge in [0.15, 0.2) is 0 Å². The van der Waals surface area contributed by atoms with Crippen LogP contribution in [0.5, 0.6) is 0 Å². The Hall–Kier alpha value is -2.05. The van der Waals surface area contributed by atoms with Gasteiger partial charge in [-0.1, -0.05) is 40.9 Å². The summed E-state index contributed by atoms with van der Waals surface area (Å²) in [5, 5.41) is 3.70. The topological polar surface area (TPSA) is 40.6 Å². The molecular weight excluding hydrogens is 499 g/mol. The molecule has 2 aromatic carbocycles. The molecule has 1 fully saturated rings. The summed E-state index contributed by atoms with van der Waals surface area (Å²) >= 11 is 20.4. The predicted molar refractivity (Wildman–Crippen MR) is 134 cm³/mol. The van der Waals surface area contributed by atoms with E-state index in [0.717, 1.165) is 30.4 Å². The van der Waals surface area contributed by atoms with Crippen LogP contribution in [0.25, 0.3) is 0 Å². The third-order valence-corrected chi connectivity index (χ3v) is 8.00. The molecule has 0 N–H and O–H groups in total. The van der Waals surface area contributed by atoms with Crippen molar-refractivity contribution >= 4 is 58.0 Å². The highest BCUT2D eigenvalue weighted by atomic mass is 35.5. The minimum Gasteiger partial charge on any atom is -0.330 e. The first-order chi connectivity index (χ1) is 15.9. The van der Waals surface area contributed by atoms with Gasteiger partial charge in [-0.15, -0.1) is 11.3 Å². The number of amides is 2. The number of thiophene rings is 1. The van der Waals surface area contributed by atoms with Gasteiger partial charge in [0.2, 0.25) is 5.91 Å². The Morgan fingerprint density at radius 1 is 0.970 bits per heavy atom. The molecule has 33 heavy (non-hydrogen) atoms. The van der Waals surface area contributed by atoms with Crippen molar-refractivity contribution in [1.29, 1.82) is 0 Å². The van der Waals surface area contributed by atoms with Crippen molar-refractivity contribution in [2.45, 2.75) is 31.3 Å². The van der Waals surface area contributed by atoms with Gasteiger partial charge < -0.3 is 9.80 Å². The van der Waals surface area contributed by atoms with E-state index in [-0.39, 0.29) is 30.4 Å². The molecule has 2 heterocycles. The van der Waals surface area contributed by atoms with Crippen LogP contribution in [0, 0.1) is 0 Å². The summed E-state index contributed by atoms with van der Waals surface area (Å²) in [6.07, 6.45) is 2.61. The lowest BCUT2D eigenvalue weighted by Crippen LogP contribution is -2.47. The summed E-state index contributed by atoms with van der Waals surface area (Å²) in [4.78, 5) is 31.7. The lowest BCUT2D eigenvalue weighted by molar-refractivity contribution is -0.134. The zero-order chi connectivity index (χ0) is 23.1. The van der Waals surface area contributed by atoms with Crippen LogP contribution in [0.1, 0.15) is 45.2 Å². The van der Waals surface area contributed by atoms with E-state index in [4.69, 9.17) is 34.8 Å². The van der Waals surface area contributed by atoms with Gasteiger partial charge in [0.25, 0.3) is 5.91 Å². The van der Waals surface area contributed by atoms with E-state index in [9.17, 15) is 9.59 Å². The second-order valence-corrected chi connectivity index (χ2v) is 10.7. The standard InChI is InChI=1S/C25H21Cl3N2O2S/c26-16-3-1-15(2-4-16)25(32)30(18-6-7-18)14-23(31)29-11-9-22-20(10-12-33-22)24(29)19-8-5-17(27)13-21(19)28/h1-5,8,10,12-13,18,24H,6-7,9,11,14H2/t24-/m0/s1. The van der Waals surface area contributed by atoms with Crippen molar-refractivity contribution in [3.8, 4) is 0 Å². The van der Waals surface area contributed by atoms with E-state index >= 15 is 0 Å². The quantitative estimate of drug-likeness (QED) is 0.387. The fraction of sp³-hybridized carbons (Fsp3) is 0.280. The summed E-state index contributed by atoms with van der Waals surface area (Å²) in [6, 6.07) is 14.1. The number of rotatable bonds is 5. The maximum Gasteiger partial charge on any atom is 0.254 e. The maximum absolute atomic E-state index is 13.7. The second kappa shape index (κ2) is 9.30. The minimum atomic E-state index is -0.302. The molecule has 3 aromatic rings. The average Bonchev–Trinajstić information content (AvgIpc) is 3.53. The molecule has 0 bridgehead atoms. The van der Waals surface area contributed by atoms with Crippen LogP contribution in [0.4, 0.5) is 0 Å². The molecule has 1 saturated carbocycles. The van der Waals surface area contributed by atoms with Gasteiger partial charge in [-0.05, 0) is 78.2 Å². The van der Waals surface area contributed by atoms with Gasteiger partial charge in [-0.25, -0.2) is 0 Å². The molecule has 1 aromatic heterocycles. The lowest BCUT2D eigenvalue weighted by atomic mass is 9.93. The summed E-state index contributed by atoms with van der Waals surface area (Å²) < 4.78 is 0. The fourth-order valence-corrected chi connectivity index (χ4v) is 5.93. The number of benzene rings is 2. The van der Waals surface area contributed by atoms with Crippen LogP contribution in [-0.4, -0.2) is 40.7 Å². The highest BCUT2D eigenvalue weighted by molar-refractivity contribution is 7.10. The third-order valence-electron chi connectivity index (χ3n) is 6.19. The molecule has 0 unspecified atom stereocenters. The Morgan fingerprint density at radius 2 is 1.70 bits per heavy atom. The molecule has 2 aliphatic rings. The maximum atomic E-state index is 13.7. The molecule has 0 saturated heterocycles. The van der Waals surface area contributed by atoms with E-state index < -0.39 is 0 Å². The van der Waals surface area contributed by atoms with Crippen LogP contribution in [0.15, 0.2) is 53.9 Å². The Labute approximate surface area is 211 Å². The van der Waals surface area contributed by atoms with Crippen molar-refractivity contribution in [3.05, 3.63) is 90.5 Å². The molecule has 0 radical (unpaired) electrons. The predicted octanol–water partition coefficient (Wildman–Crippen LogP) is 6.49. The van der Waals surface area contributed by atoms with Crippen molar-refractivity contribution in [1.82, 2.24) is 9.80 Å². The van der Waals surface area contributed by atoms with Gasteiger partial charge in [0.05, 0.1) is 6.04 Å². The van der Waals surface area contributed by atoms with E-state index in [0.29, 0.717) is 27.2 Å². The Morgan fingerprint density at radius 3 is 2.39 bits per heavy atom. The van der Waals surface area contributed by atoms with Gasteiger partial charge in [-0.3, -0.25) is 9.59 Å². The van der Waals surface area contributed by atoms with Gasteiger partial charge in [0.1, 0.15) is 6.54 Å². The molecule has 0 spiro atoms. The number of carbonyl (C=O) groups excluding carboxylic acids is 2. The first-order valence-corrected chi connectivity index (χ1v) is 12.8. The monoisotopic (exact) mass is 518 g/mol. The van der Waals surface area contributed by atoms with E-state index in [1.807, 2.05) is 11.0 Å². The average molecular weight is 520 g/mol. The summed E-state index contributed by atoms with van der Waals surface area (Å²) in [5.74, 6) is -0.228. The summed E-state index contributed by atoms with van der Waals surface area (Å²) in [5.41, 5.74) is 2.47. The summed E-state index contributed by atoms with van der Waals surface area (Å²) in [7, 11) is 0.